The largest absolute Gasteiger partial charge is 0.496 e. The molecule has 16 heteroatoms. The number of halogens is 5. The second kappa shape index (κ2) is 15.6. The first-order valence-electron chi connectivity index (χ1n) is 15.1. The van der Waals surface area contributed by atoms with Gasteiger partial charge in [0.05, 0.1) is 13.2 Å². The summed E-state index contributed by atoms with van der Waals surface area (Å²) in [4.78, 5) is 55.5. The molecule has 3 aromatic rings. The van der Waals surface area contributed by atoms with Crippen LogP contribution >= 0.6 is 0 Å². The average Bonchev–Trinajstić information content (AvgIpc) is 3.50. The quantitative estimate of drug-likeness (QED) is 0.0792. The minimum atomic E-state index is -2.48. The molecule has 11 nitrogen and oxygen atoms in total. The summed E-state index contributed by atoms with van der Waals surface area (Å²) in [6.07, 6.45) is -0.0539. The number of aromatic amines is 1. The molecule has 1 aromatic heterocycles. The number of nitrogens with one attached hydrogen (secondary N) is 4. The predicted molar refractivity (Wildman–Crippen MR) is 160 cm³/mol. The second-order valence-electron chi connectivity index (χ2n) is 11.8. The molecule has 1 aliphatic heterocycles. The highest BCUT2D eigenvalue weighted by Gasteiger charge is 2.35. The first-order valence-corrected chi connectivity index (χ1v) is 15.1. The number of amides is 2. The number of rotatable bonds is 13. The van der Waals surface area contributed by atoms with Gasteiger partial charge in [0.1, 0.15) is 29.3 Å². The van der Waals surface area contributed by atoms with Crippen LogP contribution in [0.25, 0.3) is 10.9 Å². The van der Waals surface area contributed by atoms with E-state index in [2.05, 4.69) is 25.7 Å². The molecule has 0 radical (unpaired) electrons. The molecule has 0 bridgehead atoms. The van der Waals surface area contributed by atoms with Crippen molar-refractivity contribution in [3.05, 3.63) is 64.6 Å². The Bertz CT molecular complexity index is 1670. The van der Waals surface area contributed by atoms with Crippen molar-refractivity contribution in [3.8, 4) is 5.75 Å². The SMILES string of the molecule is COc1cccc2[nH]c(C(=O)N[C@@H](CC(C)C)C(=O)N[C@@H](C[C@@H]3CCCNC3O)C(=O)COC(=O)c3c(F)c(F)c(F)c(F)c3F)cc12. The Morgan fingerprint density at radius 1 is 0.979 bits per heavy atom. The van der Waals surface area contributed by atoms with Crippen LogP contribution in [-0.2, 0) is 14.3 Å². The number of hydrogen-bond acceptors (Lipinski definition) is 8. The van der Waals surface area contributed by atoms with Gasteiger partial charge in [0.2, 0.25) is 11.7 Å². The van der Waals surface area contributed by atoms with E-state index in [9.17, 15) is 46.2 Å². The fourth-order valence-electron chi connectivity index (χ4n) is 5.49. The van der Waals surface area contributed by atoms with Crippen molar-refractivity contribution in [2.75, 3.05) is 20.3 Å². The molecule has 4 rings (SSSR count). The maximum Gasteiger partial charge on any atom is 0.344 e. The summed E-state index contributed by atoms with van der Waals surface area (Å²) in [5.41, 5.74) is -1.16. The van der Waals surface area contributed by atoms with Crippen molar-refractivity contribution >= 4 is 34.5 Å². The van der Waals surface area contributed by atoms with Gasteiger partial charge in [0.15, 0.2) is 35.7 Å². The molecule has 1 unspecified atom stereocenters. The number of aromatic nitrogens is 1. The van der Waals surface area contributed by atoms with Crippen LogP contribution in [0.1, 0.15) is 60.4 Å². The van der Waals surface area contributed by atoms with E-state index >= 15 is 0 Å². The maximum absolute atomic E-state index is 14.1. The van der Waals surface area contributed by atoms with Gasteiger partial charge < -0.3 is 30.2 Å². The third-order valence-electron chi connectivity index (χ3n) is 7.97. The summed E-state index contributed by atoms with van der Waals surface area (Å²) in [6, 6.07) is 4.09. The highest BCUT2D eigenvalue weighted by atomic mass is 19.2. The molecule has 4 atom stereocenters. The molecule has 260 valence electrons. The fourth-order valence-corrected chi connectivity index (χ4v) is 5.49. The van der Waals surface area contributed by atoms with Crippen LogP contribution in [0.4, 0.5) is 22.0 Å². The molecule has 2 aromatic carbocycles. The molecule has 0 aliphatic carbocycles. The molecular formula is C32H35F5N4O7. The van der Waals surface area contributed by atoms with Crippen LogP contribution in [-0.4, -0.2) is 72.2 Å². The number of H-pyrrole nitrogens is 1. The molecule has 1 aliphatic rings. The van der Waals surface area contributed by atoms with Crippen molar-refractivity contribution < 1.29 is 55.7 Å². The van der Waals surface area contributed by atoms with Gasteiger partial charge in [-0.05, 0) is 56.3 Å². The van der Waals surface area contributed by atoms with Gasteiger partial charge in [0, 0.05) is 16.8 Å². The minimum Gasteiger partial charge on any atom is -0.496 e. The van der Waals surface area contributed by atoms with Gasteiger partial charge in [-0.15, -0.1) is 0 Å². The van der Waals surface area contributed by atoms with Crippen LogP contribution in [0, 0.1) is 40.9 Å². The van der Waals surface area contributed by atoms with Gasteiger partial charge in [-0.3, -0.25) is 19.7 Å². The number of carbonyl (C=O) groups is 4. The zero-order valence-electron chi connectivity index (χ0n) is 26.2. The Kier molecular flexibility index (Phi) is 11.8. The molecular weight excluding hydrogens is 647 g/mol. The molecule has 48 heavy (non-hydrogen) atoms. The number of fused-ring (bicyclic) bond motifs is 1. The van der Waals surface area contributed by atoms with Crippen LogP contribution in [0.2, 0.25) is 0 Å². The molecule has 0 saturated carbocycles. The van der Waals surface area contributed by atoms with E-state index < -0.39 is 89.1 Å². The zero-order valence-corrected chi connectivity index (χ0v) is 26.2. The van der Waals surface area contributed by atoms with Crippen LogP contribution in [0.3, 0.4) is 0 Å². The van der Waals surface area contributed by atoms with E-state index in [1.807, 2.05) is 0 Å². The van der Waals surface area contributed by atoms with Crippen molar-refractivity contribution in [1.29, 1.82) is 0 Å². The number of hydrogen-bond donors (Lipinski definition) is 5. The van der Waals surface area contributed by atoms with E-state index in [1.54, 1.807) is 38.1 Å². The molecule has 2 amide bonds. The molecule has 0 spiro atoms. The van der Waals surface area contributed by atoms with Gasteiger partial charge in [-0.2, -0.15) is 0 Å². The molecule has 2 heterocycles. The van der Waals surface area contributed by atoms with Crippen LogP contribution < -0.4 is 20.7 Å². The van der Waals surface area contributed by atoms with E-state index in [1.165, 1.54) is 7.11 Å². The summed E-state index contributed by atoms with van der Waals surface area (Å²) >= 11 is 0. The van der Waals surface area contributed by atoms with Gasteiger partial charge in [-0.25, -0.2) is 26.7 Å². The normalized spacial score (nSPS) is 17.5. The third kappa shape index (κ3) is 8.10. The first-order chi connectivity index (χ1) is 22.7. The first kappa shape index (κ1) is 36.3. The number of ketones is 1. The Morgan fingerprint density at radius 3 is 2.27 bits per heavy atom. The van der Waals surface area contributed by atoms with Crippen molar-refractivity contribution in [1.82, 2.24) is 20.9 Å². The average molecular weight is 683 g/mol. The highest BCUT2D eigenvalue weighted by Crippen LogP contribution is 2.27. The lowest BCUT2D eigenvalue weighted by Gasteiger charge is -2.32. The zero-order chi connectivity index (χ0) is 35.3. The Morgan fingerprint density at radius 2 is 1.65 bits per heavy atom. The molecule has 5 N–H and O–H groups in total. The number of Topliss-reactive ketones (excluding diaryl/α,β-unsaturated/α-hetero) is 1. The summed E-state index contributed by atoms with van der Waals surface area (Å²) in [5, 5.41) is 19.1. The summed E-state index contributed by atoms with van der Waals surface area (Å²) in [5.74, 6) is -16.7. The minimum absolute atomic E-state index is 0.121. The monoisotopic (exact) mass is 682 g/mol. The number of ether oxygens (including phenoxy) is 2. The Labute approximate surface area is 271 Å². The summed E-state index contributed by atoms with van der Waals surface area (Å²) in [7, 11) is 1.48. The molecule has 1 saturated heterocycles. The van der Waals surface area contributed by atoms with E-state index in [-0.39, 0.29) is 24.5 Å². The molecule has 1 fully saturated rings. The van der Waals surface area contributed by atoms with Crippen molar-refractivity contribution in [2.45, 2.75) is 57.8 Å². The van der Waals surface area contributed by atoms with E-state index in [4.69, 9.17) is 4.74 Å². The number of benzene rings is 2. The second-order valence-corrected chi connectivity index (χ2v) is 11.8. The standard InChI is InChI=1S/C32H35F5N4O7/c1-14(2)10-19(41-31(45)20-12-16-17(39-20)7-4-8-22(16)47-3)30(44)40-18(11-15-6-5-9-38-29(15)43)21(42)13-48-32(46)23-24(33)26(35)28(37)27(36)25(23)34/h4,7-8,12,14-15,18-19,29,38-39,43H,5-6,9-11,13H2,1-3H3,(H,40,44)(H,41,45)/t15-,18-,19-,29?/m0/s1. The van der Waals surface area contributed by atoms with Crippen molar-refractivity contribution in [2.24, 2.45) is 11.8 Å². The number of esters is 1. The van der Waals surface area contributed by atoms with Crippen molar-refractivity contribution in [3.63, 3.8) is 0 Å². The lowest BCUT2D eigenvalue weighted by Crippen LogP contribution is -2.54. The van der Waals surface area contributed by atoms with Gasteiger partial charge >= 0.3 is 5.97 Å². The van der Waals surface area contributed by atoms with Gasteiger partial charge in [-0.1, -0.05) is 19.9 Å². The summed E-state index contributed by atoms with van der Waals surface area (Å²) < 4.78 is 78.9. The van der Waals surface area contributed by atoms with E-state index in [0.29, 0.717) is 36.0 Å². The fraction of sp³-hybridized carbons (Fsp3) is 0.438. The van der Waals surface area contributed by atoms with Crippen LogP contribution in [0.15, 0.2) is 24.3 Å². The predicted octanol–water partition coefficient (Wildman–Crippen LogP) is 3.64. The number of carbonyl (C=O) groups excluding carboxylic acids is 4. The highest BCUT2D eigenvalue weighted by molar-refractivity contribution is 6.02. The lowest BCUT2D eigenvalue weighted by molar-refractivity contribution is -0.131. The number of aliphatic hydroxyl groups excluding tert-OH is 1. The summed E-state index contributed by atoms with van der Waals surface area (Å²) in [6.45, 7) is 2.86. The van der Waals surface area contributed by atoms with E-state index in [0.717, 1.165) is 0 Å². The number of piperidine rings is 1. The number of aliphatic hydroxyl groups is 1. The number of methoxy groups -OCH3 is 1. The van der Waals surface area contributed by atoms with Gasteiger partial charge in [0.25, 0.3) is 5.91 Å². The maximum atomic E-state index is 14.1. The Hall–Kier alpha value is -4.57. The third-order valence-corrected chi connectivity index (χ3v) is 7.97. The smallest absolute Gasteiger partial charge is 0.344 e. The van der Waals surface area contributed by atoms with Crippen LogP contribution in [0.5, 0.6) is 5.75 Å². The lowest BCUT2D eigenvalue weighted by atomic mass is 9.89. The Balaban J connectivity index is 1.53. The topological polar surface area (TPSA) is 159 Å².